The van der Waals surface area contributed by atoms with Crippen molar-refractivity contribution in [3.8, 4) is 11.1 Å². The van der Waals surface area contributed by atoms with Crippen LogP contribution in [0, 0.1) is 11.8 Å². The number of hydrogen-bond acceptors (Lipinski definition) is 4. The molecule has 7 heteroatoms. The molecular weight excluding hydrogens is 444 g/mol. The summed E-state index contributed by atoms with van der Waals surface area (Å²) in [4.78, 5) is 36.2. The molecule has 2 fully saturated rings. The van der Waals surface area contributed by atoms with Crippen LogP contribution >= 0.6 is 0 Å². The Morgan fingerprint density at radius 3 is 2.17 bits per heavy atom. The largest absolute Gasteiger partial charge is 0.481 e. The molecular formula is C28H32N2O5. The molecule has 1 atom stereocenters. The van der Waals surface area contributed by atoms with Gasteiger partial charge < -0.3 is 20.5 Å². The zero-order chi connectivity index (χ0) is 24.4. The van der Waals surface area contributed by atoms with E-state index < -0.39 is 12.1 Å². The molecule has 3 aliphatic rings. The minimum absolute atomic E-state index is 0.00374. The summed E-state index contributed by atoms with van der Waals surface area (Å²) in [6, 6.07) is 16.2. The minimum atomic E-state index is -0.794. The second-order valence-corrected chi connectivity index (χ2v) is 10.2. The molecule has 35 heavy (non-hydrogen) atoms. The molecule has 2 aromatic carbocycles. The van der Waals surface area contributed by atoms with Crippen molar-refractivity contribution >= 4 is 18.0 Å². The Labute approximate surface area is 205 Å². The fraction of sp³-hybridized carbons (Fsp3) is 0.464. The number of fused-ring (bicyclic) bond motifs is 3. The highest BCUT2D eigenvalue weighted by molar-refractivity contribution is 5.80. The molecule has 5 rings (SSSR count). The van der Waals surface area contributed by atoms with E-state index in [1.54, 1.807) is 0 Å². The van der Waals surface area contributed by atoms with Crippen molar-refractivity contribution in [3.05, 3.63) is 59.7 Å². The van der Waals surface area contributed by atoms with Crippen LogP contribution in [-0.4, -0.2) is 41.8 Å². The second kappa shape index (κ2) is 10.1. The number of rotatable bonds is 9. The lowest BCUT2D eigenvalue weighted by Crippen LogP contribution is -2.49. The van der Waals surface area contributed by atoms with Crippen molar-refractivity contribution in [2.75, 3.05) is 6.61 Å². The summed E-state index contributed by atoms with van der Waals surface area (Å²) in [5, 5.41) is 14.9. The van der Waals surface area contributed by atoms with E-state index in [2.05, 4.69) is 34.9 Å². The zero-order valence-electron chi connectivity index (χ0n) is 19.7. The van der Waals surface area contributed by atoms with Crippen molar-refractivity contribution in [2.24, 2.45) is 11.8 Å². The van der Waals surface area contributed by atoms with Crippen LogP contribution in [0.3, 0.4) is 0 Å². The van der Waals surface area contributed by atoms with Gasteiger partial charge in [0.05, 0.1) is 0 Å². The summed E-state index contributed by atoms with van der Waals surface area (Å²) < 4.78 is 5.70. The van der Waals surface area contributed by atoms with Gasteiger partial charge in [0, 0.05) is 30.8 Å². The fourth-order valence-electron chi connectivity index (χ4n) is 5.72. The van der Waals surface area contributed by atoms with Crippen LogP contribution in [-0.2, 0) is 14.3 Å². The number of alkyl carbamates (subject to hydrolysis) is 1. The maximum absolute atomic E-state index is 12.8. The molecule has 0 radical (unpaired) electrons. The Hall–Kier alpha value is -3.35. The van der Waals surface area contributed by atoms with Crippen LogP contribution in [0.5, 0.6) is 0 Å². The molecule has 2 saturated carbocycles. The highest BCUT2D eigenvalue weighted by Crippen LogP contribution is 2.44. The van der Waals surface area contributed by atoms with Gasteiger partial charge in [-0.2, -0.15) is 0 Å². The van der Waals surface area contributed by atoms with Gasteiger partial charge >= 0.3 is 12.1 Å². The molecule has 2 aromatic rings. The first-order chi connectivity index (χ1) is 17.0. The van der Waals surface area contributed by atoms with Crippen molar-refractivity contribution < 1.29 is 24.2 Å². The first kappa shape index (κ1) is 23.4. The fourth-order valence-corrected chi connectivity index (χ4v) is 5.72. The Morgan fingerprint density at radius 2 is 1.60 bits per heavy atom. The SMILES string of the molecule is O=C(O)CC1CC(NC(=O)CC(NC(=O)OCC2c3ccccc3-c3ccccc32)C2CCC2)C1. The molecule has 2 amide bonds. The molecule has 0 bridgehead atoms. The number of benzene rings is 2. The minimum Gasteiger partial charge on any atom is -0.481 e. The molecule has 1 unspecified atom stereocenters. The van der Waals surface area contributed by atoms with Crippen LogP contribution in [0.4, 0.5) is 4.79 Å². The molecule has 0 aromatic heterocycles. The van der Waals surface area contributed by atoms with E-state index in [1.165, 1.54) is 11.1 Å². The van der Waals surface area contributed by atoms with Crippen molar-refractivity contribution in [1.29, 1.82) is 0 Å². The quantitative estimate of drug-likeness (QED) is 0.496. The number of aliphatic carboxylic acids is 1. The van der Waals surface area contributed by atoms with Crippen LogP contribution in [0.15, 0.2) is 48.5 Å². The number of amides is 2. The molecule has 0 spiro atoms. The number of hydrogen-bond donors (Lipinski definition) is 3. The summed E-state index contributed by atoms with van der Waals surface area (Å²) in [6.07, 6.45) is 4.38. The van der Waals surface area contributed by atoms with E-state index in [0.717, 1.165) is 30.4 Å². The van der Waals surface area contributed by atoms with Crippen molar-refractivity contribution in [1.82, 2.24) is 10.6 Å². The smallest absolute Gasteiger partial charge is 0.407 e. The van der Waals surface area contributed by atoms with Gasteiger partial charge in [-0.25, -0.2) is 4.79 Å². The van der Waals surface area contributed by atoms with Gasteiger partial charge in [-0.05, 0) is 59.8 Å². The Kier molecular flexibility index (Phi) is 6.75. The number of carboxylic acids is 1. The molecule has 0 aliphatic heterocycles. The zero-order valence-corrected chi connectivity index (χ0v) is 19.7. The van der Waals surface area contributed by atoms with Gasteiger partial charge in [0.1, 0.15) is 6.61 Å². The Bertz CT molecular complexity index is 1060. The van der Waals surface area contributed by atoms with Crippen molar-refractivity contribution in [3.63, 3.8) is 0 Å². The van der Waals surface area contributed by atoms with Crippen LogP contribution < -0.4 is 10.6 Å². The van der Waals surface area contributed by atoms with Gasteiger partial charge in [0.15, 0.2) is 0 Å². The van der Waals surface area contributed by atoms with Crippen molar-refractivity contribution in [2.45, 2.75) is 62.9 Å². The molecule has 184 valence electrons. The topological polar surface area (TPSA) is 105 Å². The number of ether oxygens (including phenoxy) is 1. The second-order valence-electron chi connectivity index (χ2n) is 10.2. The molecule has 0 heterocycles. The lowest BCUT2D eigenvalue weighted by Gasteiger charge is -2.37. The third-order valence-corrected chi connectivity index (χ3v) is 7.84. The van der Waals surface area contributed by atoms with Crippen LogP contribution in [0.1, 0.15) is 62.0 Å². The molecule has 0 saturated heterocycles. The van der Waals surface area contributed by atoms with E-state index in [9.17, 15) is 14.4 Å². The average molecular weight is 477 g/mol. The van der Waals surface area contributed by atoms with Gasteiger partial charge in [0.2, 0.25) is 5.91 Å². The summed E-state index contributed by atoms with van der Waals surface area (Å²) in [5.41, 5.74) is 4.70. The third-order valence-electron chi connectivity index (χ3n) is 7.84. The van der Waals surface area contributed by atoms with Gasteiger partial charge in [-0.15, -0.1) is 0 Å². The number of nitrogens with one attached hydrogen (secondary N) is 2. The Balaban J connectivity index is 1.14. The number of carbonyl (C=O) groups is 3. The lowest BCUT2D eigenvalue weighted by atomic mass is 9.77. The first-order valence-electron chi connectivity index (χ1n) is 12.6. The first-order valence-corrected chi connectivity index (χ1v) is 12.6. The van der Waals surface area contributed by atoms with Gasteiger partial charge in [-0.3, -0.25) is 9.59 Å². The summed E-state index contributed by atoms with van der Waals surface area (Å²) in [5.74, 6) is -0.478. The summed E-state index contributed by atoms with van der Waals surface area (Å²) in [6.45, 7) is 0.247. The van der Waals surface area contributed by atoms with Gasteiger partial charge in [0.25, 0.3) is 0 Å². The number of carboxylic acid groups (broad SMARTS) is 1. The molecule has 3 N–H and O–H groups in total. The molecule has 3 aliphatic carbocycles. The van der Waals surface area contributed by atoms with Crippen LogP contribution in [0.25, 0.3) is 11.1 Å². The predicted octanol–water partition coefficient (Wildman–Crippen LogP) is 4.45. The monoisotopic (exact) mass is 476 g/mol. The van der Waals surface area contributed by atoms with Gasteiger partial charge in [-0.1, -0.05) is 55.0 Å². The van der Waals surface area contributed by atoms with E-state index >= 15 is 0 Å². The van der Waals surface area contributed by atoms with Crippen LogP contribution in [0.2, 0.25) is 0 Å². The van der Waals surface area contributed by atoms with E-state index in [-0.39, 0.29) is 55.2 Å². The molecule has 7 nitrogen and oxygen atoms in total. The maximum atomic E-state index is 12.8. The summed E-state index contributed by atoms with van der Waals surface area (Å²) in [7, 11) is 0. The predicted molar refractivity (Wildman–Crippen MR) is 131 cm³/mol. The normalized spacial score (nSPS) is 21.6. The summed E-state index contributed by atoms with van der Waals surface area (Å²) >= 11 is 0. The highest BCUT2D eigenvalue weighted by Gasteiger charge is 2.35. The highest BCUT2D eigenvalue weighted by atomic mass is 16.5. The lowest BCUT2D eigenvalue weighted by molar-refractivity contribution is -0.139. The number of carbonyl (C=O) groups excluding carboxylic acids is 2. The Morgan fingerprint density at radius 1 is 0.971 bits per heavy atom. The standard InChI is InChI=1S/C28H32N2O5/c31-26(29-19-12-17(13-19)14-27(32)33)15-25(18-6-5-7-18)30-28(34)35-16-24-22-10-3-1-8-20(22)21-9-2-4-11-23(21)24/h1-4,8-11,17-19,24-25H,5-7,12-16H2,(H,29,31)(H,30,34)(H,32,33). The average Bonchev–Trinajstić information content (AvgIpc) is 3.08. The maximum Gasteiger partial charge on any atom is 0.407 e. The third kappa shape index (κ3) is 5.19. The van der Waals surface area contributed by atoms with E-state index in [1.807, 2.05) is 24.3 Å². The van der Waals surface area contributed by atoms with E-state index in [0.29, 0.717) is 12.8 Å². The van der Waals surface area contributed by atoms with E-state index in [4.69, 9.17) is 9.84 Å².